The molecule has 0 spiro atoms. The Balaban J connectivity index is 1.70. The Morgan fingerprint density at radius 1 is 0.875 bits per heavy atom. The van der Waals surface area contributed by atoms with Crippen LogP contribution in [0.5, 0.6) is 0 Å². The molecule has 2 aromatic carbocycles. The van der Waals surface area contributed by atoms with Crippen LogP contribution in [0.25, 0.3) is 0 Å². The zero-order chi connectivity index (χ0) is 16.5. The van der Waals surface area contributed by atoms with Gasteiger partial charge >= 0.3 is 0 Å². The molecule has 0 aromatic heterocycles. The van der Waals surface area contributed by atoms with Gasteiger partial charge in [0.15, 0.2) is 0 Å². The van der Waals surface area contributed by atoms with Crippen molar-refractivity contribution >= 4 is 5.90 Å². The molecule has 0 unspecified atom stereocenters. The van der Waals surface area contributed by atoms with Gasteiger partial charge in [-0.2, -0.15) is 0 Å². The topological polar surface area (TPSA) is 21.6 Å². The number of aliphatic imine (C=N–C) groups is 1. The third-order valence-corrected chi connectivity index (χ3v) is 5.26. The number of benzene rings is 2. The Morgan fingerprint density at radius 2 is 1.50 bits per heavy atom. The van der Waals surface area contributed by atoms with Gasteiger partial charge in [-0.1, -0.05) is 50.2 Å². The van der Waals surface area contributed by atoms with E-state index in [1.807, 2.05) is 0 Å². The summed E-state index contributed by atoms with van der Waals surface area (Å²) >= 11 is 0. The van der Waals surface area contributed by atoms with E-state index in [0.29, 0.717) is 12.0 Å². The van der Waals surface area contributed by atoms with Crippen LogP contribution in [0.2, 0.25) is 0 Å². The summed E-state index contributed by atoms with van der Waals surface area (Å²) in [5.41, 5.74) is 6.76. The van der Waals surface area contributed by atoms with Crippen molar-refractivity contribution in [3.8, 4) is 0 Å². The van der Waals surface area contributed by atoms with Crippen molar-refractivity contribution in [1.29, 1.82) is 0 Å². The van der Waals surface area contributed by atoms with Crippen molar-refractivity contribution in [2.45, 2.75) is 45.6 Å². The minimum absolute atomic E-state index is 0.294. The van der Waals surface area contributed by atoms with Gasteiger partial charge in [-0.3, -0.25) is 0 Å². The standard InChI is InChI=1S/C22H25NO/c1-15(2)21-14-24-22(23-21)20-13-18-8-7-16-3-5-17(6-4-16)9-11-19(20)12-10-18/h3-6,10,12-13,15,21H,7-9,11,14H2,1-2H3/t21-/m1/s1. The molecule has 5 aliphatic rings. The van der Waals surface area contributed by atoms with E-state index >= 15 is 0 Å². The smallest absolute Gasteiger partial charge is 0.216 e. The summed E-state index contributed by atoms with van der Waals surface area (Å²) in [7, 11) is 0. The summed E-state index contributed by atoms with van der Waals surface area (Å²) in [6, 6.07) is 16.3. The third-order valence-electron chi connectivity index (χ3n) is 5.26. The van der Waals surface area contributed by atoms with Gasteiger partial charge in [-0.15, -0.1) is 0 Å². The highest BCUT2D eigenvalue weighted by Crippen LogP contribution is 2.24. The Hall–Kier alpha value is -2.09. The van der Waals surface area contributed by atoms with Crippen LogP contribution in [-0.4, -0.2) is 18.5 Å². The van der Waals surface area contributed by atoms with Crippen molar-refractivity contribution in [3.05, 3.63) is 70.3 Å². The summed E-state index contributed by atoms with van der Waals surface area (Å²) < 4.78 is 5.98. The van der Waals surface area contributed by atoms with E-state index in [0.717, 1.165) is 38.2 Å². The second-order valence-electron chi connectivity index (χ2n) is 7.36. The molecule has 0 amide bonds. The molecule has 0 saturated heterocycles. The molecule has 1 atom stereocenters. The molecule has 2 heteroatoms. The van der Waals surface area contributed by atoms with E-state index in [1.165, 1.54) is 27.8 Å². The minimum atomic E-state index is 0.294. The summed E-state index contributed by atoms with van der Waals surface area (Å²) in [5.74, 6) is 1.38. The lowest BCUT2D eigenvalue weighted by Crippen LogP contribution is -2.13. The molecule has 2 nitrogen and oxygen atoms in total. The van der Waals surface area contributed by atoms with Crippen LogP contribution in [0.15, 0.2) is 47.5 Å². The van der Waals surface area contributed by atoms with Gasteiger partial charge in [-0.05, 0) is 59.9 Å². The van der Waals surface area contributed by atoms with Gasteiger partial charge in [0.2, 0.25) is 5.90 Å². The molecule has 7 rings (SSSR count). The number of rotatable bonds is 2. The first kappa shape index (κ1) is 15.4. The monoisotopic (exact) mass is 319 g/mol. The number of nitrogens with zero attached hydrogens (tertiary/aromatic N) is 1. The molecule has 0 saturated carbocycles. The van der Waals surface area contributed by atoms with Gasteiger partial charge in [0.05, 0.1) is 6.04 Å². The SMILES string of the molecule is CC(C)[C@H]1COC(c2cc3ccc2CCc2ccc(cc2)CC3)=N1. The van der Waals surface area contributed by atoms with Crippen LogP contribution in [0.1, 0.15) is 41.7 Å². The van der Waals surface area contributed by atoms with E-state index < -0.39 is 0 Å². The average Bonchev–Trinajstić information content (AvgIpc) is 3.07. The maximum absolute atomic E-state index is 5.98. The van der Waals surface area contributed by atoms with Crippen molar-refractivity contribution in [3.63, 3.8) is 0 Å². The number of hydrogen-bond acceptors (Lipinski definition) is 2. The van der Waals surface area contributed by atoms with Gasteiger partial charge in [-0.25, -0.2) is 4.99 Å². The predicted octanol–water partition coefficient (Wildman–Crippen LogP) is 4.37. The lowest BCUT2D eigenvalue weighted by Gasteiger charge is -2.14. The molecule has 124 valence electrons. The van der Waals surface area contributed by atoms with E-state index in [4.69, 9.17) is 9.73 Å². The van der Waals surface area contributed by atoms with Crippen LogP contribution in [0.4, 0.5) is 0 Å². The molecular formula is C22H25NO. The Bertz CT molecular complexity index is 758. The fourth-order valence-corrected chi connectivity index (χ4v) is 3.51. The zero-order valence-electron chi connectivity index (χ0n) is 14.6. The molecule has 1 heterocycles. The zero-order valence-corrected chi connectivity index (χ0v) is 14.6. The fourth-order valence-electron chi connectivity index (χ4n) is 3.51. The van der Waals surface area contributed by atoms with E-state index in [9.17, 15) is 0 Å². The van der Waals surface area contributed by atoms with Gasteiger partial charge in [0.25, 0.3) is 0 Å². The summed E-state index contributed by atoms with van der Waals surface area (Å²) in [4.78, 5) is 4.86. The third kappa shape index (κ3) is 3.10. The van der Waals surface area contributed by atoms with Crippen LogP contribution in [0.3, 0.4) is 0 Å². The molecule has 24 heavy (non-hydrogen) atoms. The largest absolute Gasteiger partial charge is 0.475 e. The van der Waals surface area contributed by atoms with Crippen molar-refractivity contribution < 1.29 is 4.74 Å². The van der Waals surface area contributed by atoms with E-state index in [2.05, 4.69) is 56.3 Å². The van der Waals surface area contributed by atoms with Crippen LogP contribution < -0.4 is 0 Å². The Morgan fingerprint density at radius 3 is 2.17 bits per heavy atom. The Kier molecular flexibility index (Phi) is 4.13. The molecule has 4 aliphatic carbocycles. The summed E-state index contributed by atoms with van der Waals surface area (Å²) in [6.45, 7) is 5.15. The maximum Gasteiger partial charge on any atom is 0.216 e. The van der Waals surface area contributed by atoms with Crippen LogP contribution in [0, 0.1) is 5.92 Å². The van der Waals surface area contributed by atoms with E-state index in [1.54, 1.807) is 0 Å². The van der Waals surface area contributed by atoms with E-state index in [-0.39, 0.29) is 0 Å². The highest BCUT2D eigenvalue weighted by atomic mass is 16.5. The van der Waals surface area contributed by atoms with Crippen molar-refractivity contribution in [2.24, 2.45) is 10.9 Å². The molecule has 2 aromatic rings. The van der Waals surface area contributed by atoms with Crippen molar-refractivity contribution in [1.82, 2.24) is 0 Å². The second-order valence-corrected chi connectivity index (χ2v) is 7.36. The molecule has 1 aliphatic heterocycles. The number of hydrogen-bond donors (Lipinski definition) is 0. The first-order valence-corrected chi connectivity index (χ1v) is 9.09. The number of ether oxygens (including phenoxy) is 1. The number of aryl methyl sites for hydroxylation is 4. The molecule has 0 fully saturated rings. The van der Waals surface area contributed by atoms with Crippen LogP contribution in [-0.2, 0) is 30.4 Å². The van der Waals surface area contributed by atoms with Gasteiger partial charge in [0.1, 0.15) is 6.61 Å². The average molecular weight is 319 g/mol. The first-order valence-electron chi connectivity index (χ1n) is 9.09. The van der Waals surface area contributed by atoms with Crippen LogP contribution >= 0.6 is 0 Å². The molecule has 4 bridgehead atoms. The Labute approximate surface area is 144 Å². The lowest BCUT2D eigenvalue weighted by molar-refractivity contribution is 0.291. The predicted molar refractivity (Wildman–Crippen MR) is 98.8 cm³/mol. The fraction of sp³-hybridized carbons (Fsp3) is 0.409. The van der Waals surface area contributed by atoms with Gasteiger partial charge in [0, 0.05) is 5.56 Å². The highest BCUT2D eigenvalue weighted by Gasteiger charge is 2.24. The first-order chi connectivity index (χ1) is 11.7. The minimum Gasteiger partial charge on any atom is -0.475 e. The quantitative estimate of drug-likeness (QED) is 0.805. The maximum atomic E-state index is 5.98. The summed E-state index contributed by atoms with van der Waals surface area (Å²) in [6.07, 6.45) is 4.24. The lowest BCUT2D eigenvalue weighted by atomic mass is 9.93. The highest BCUT2D eigenvalue weighted by molar-refractivity contribution is 5.96. The van der Waals surface area contributed by atoms with Crippen molar-refractivity contribution in [2.75, 3.05) is 6.61 Å². The molecule has 0 radical (unpaired) electrons. The molecule has 0 N–H and O–H groups in total. The second kappa shape index (κ2) is 6.43. The normalized spacial score (nSPS) is 19.8. The summed E-state index contributed by atoms with van der Waals surface area (Å²) in [5, 5.41) is 0. The molecular weight excluding hydrogens is 294 g/mol. The van der Waals surface area contributed by atoms with Gasteiger partial charge < -0.3 is 4.74 Å².